The summed E-state index contributed by atoms with van der Waals surface area (Å²) in [4.78, 5) is 1.27. The van der Waals surface area contributed by atoms with Crippen LogP contribution in [0.3, 0.4) is 0 Å². The van der Waals surface area contributed by atoms with Gasteiger partial charge in [0.25, 0.3) is 0 Å². The molecule has 0 N–H and O–H groups in total. The minimum Gasteiger partial charge on any atom is -0.144 e. The van der Waals surface area contributed by atoms with Gasteiger partial charge in [-0.2, -0.15) is 0 Å². The fraction of sp³-hybridized carbons (Fsp3) is 0.273. The van der Waals surface area contributed by atoms with Gasteiger partial charge in [0.05, 0.1) is 0 Å². The number of thiophene rings is 1. The first-order valence-corrected chi connectivity index (χ1v) is 4.88. The van der Waals surface area contributed by atoms with Gasteiger partial charge in [-0.05, 0) is 37.3 Å². The summed E-state index contributed by atoms with van der Waals surface area (Å²) in [6.07, 6.45) is 4.13. The van der Waals surface area contributed by atoms with Gasteiger partial charge in [-0.3, -0.25) is 0 Å². The molecule has 1 rings (SSSR count). The van der Waals surface area contributed by atoms with Gasteiger partial charge in [0.1, 0.15) is 0 Å². The van der Waals surface area contributed by atoms with Gasteiger partial charge in [-0.15, -0.1) is 11.3 Å². The SMILES string of the molecule is C=Cc1scc(C)c1C=C(C)C. The minimum atomic E-state index is 1.27. The first-order chi connectivity index (χ1) is 5.65. The highest BCUT2D eigenvalue weighted by atomic mass is 32.1. The molecule has 1 heteroatoms. The van der Waals surface area contributed by atoms with E-state index in [1.54, 1.807) is 11.3 Å². The summed E-state index contributed by atoms with van der Waals surface area (Å²) in [5.41, 5.74) is 4.01. The molecule has 12 heavy (non-hydrogen) atoms. The highest BCUT2D eigenvalue weighted by Crippen LogP contribution is 2.25. The molecular weight excluding hydrogens is 164 g/mol. The van der Waals surface area contributed by atoms with E-state index >= 15 is 0 Å². The maximum atomic E-state index is 3.79. The van der Waals surface area contributed by atoms with E-state index in [9.17, 15) is 0 Å². The first kappa shape index (κ1) is 9.27. The molecule has 0 aliphatic rings. The molecule has 0 spiro atoms. The minimum absolute atomic E-state index is 1.27. The molecule has 0 saturated carbocycles. The molecule has 0 unspecified atom stereocenters. The summed E-state index contributed by atoms with van der Waals surface area (Å²) in [6, 6.07) is 0. The van der Waals surface area contributed by atoms with E-state index in [2.05, 4.69) is 38.8 Å². The quantitative estimate of drug-likeness (QED) is 0.639. The lowest BCUT2D eigenvalue weighted by atomic mass is 10.1. The van der Waals surface area contributed by atoms with E-state index in [1.165, 1.54) is 21.6 Å². The zero-order chi connectivity index (χ0) is 9.14. The lowest BCUT2D eigenvalue weighted by molar-refractivity contribution is 1.41. The first-order valence-electron chi connectivity index (χ1n) is 4.00. The molecule has 0 bridgehead atoms. The van der Waals surface area contributed by atoms with Crippen LogP contribution in [0, 0.1) is 6.92 Å². The smallest absolute Gasteiger partial charge is 0.0339 e. The van der Waals surface area contributed by atoms with Crippen molar-refractivity contribution >= 4 is 23.5 Å². The lowest BCUT2D eigenvalue weighted by Gasteiger charge is -1.95. The second-order valence-corrected chi connectivity index (χ2v) is 4.03. The van der Waals surface area contributed by atoms with Crippen molar-refractivity contribution in [1.82, 2.24) is 0 Å². The highest BCUT2D eigenvalue weighted by Gasteiger charge is 2.01. The Bertz CT molecular complexity index is 312. The van der Waals surface area contributed by atoms with Crippen LogP contribution in [-0.4, -0.2) is 0 Å². The van der Waals surface area contributed by atoms with Crippen LogP contribution in [0.25, 0.3) is 12.2 Å². The summed E-state index contributed by atoms with van der Waals surface area (Å²) in [5, 5.41) is 2.17. The molecule has 1 heterocycles. The van der Waals surface area contributed by atoms with Crippen molar-refractivity contribution in [3.8, 4) is 0 Å². The standard InChI is InChI=1S/C11H14S/c1-5-11-10(6-8(2)3)9(4)7-12-11/h5-7H,1H2,2-4H3. The van der Waals surface area contributed by atoms with E-state index in [1.807, 2.05) is 6.08 Å². The molecule has 0 nitrogen and oxygen atoms in total. The Morgan fingerprint density at radius 2 is 2.17 bits per heavy atom. The number of allylic oxidation sites excluding steroid dienone is 1. The van der Waals surface area contributed by atoms with Crippen LogP contribution in [0.15, 0.2) is 17.5 Å². The van der Waals surface area contributed by atoms with Gasteiger partial charge >= 0.3 is 0 Å². The van der Waals surface area contributed by atoms with Gasteiger partial charge in [0.2, 0.25) is 0 Å². The normalized spacial score (nSPS) is 9.58. The third kappa shape index (κ3) is 1.86. The zero-order valence-electron chi connectivity index (χ0n) is 7.85. The Hall–Kier alpha value is -0.820. The third-order valence-corrected chi connectivity index (χ3v) is 2.78. The van der Waals surface area contributed by atoms with Crippen molar-refractivity contribution in [2.24, 2.45) is 0 Å². The number of rotatable bonds is 2. The second kappa shape index (κ2) is 3.72. The second-order valence-electron chi connectivity index (χ2n) is 3.12. The summed E-state index contributed by atoms with van der Waals surface area (Å²) in [5.74, 6) is 0. The van der Waals surface area contributed by atoms with Crippen molar-refractivity contribution in [1.29, 1.82) is 0 Å². The zero-order valence-corrected chi connectivity index (χ0v) is 8.66. The molecule has 0 atom stereocenters. The molecular formula is C11H14S. The lowest BCUT2D eigenvalue weighted by Crippen LogP contribution is -1.76. The maximum Gasteiger partial charge on any atom is 0.0339 e. The number of hydrogen-bond acceptors (Lipinski definition) is 1. The Morgan fingerprint density at radius 3 is 2.67 bits per heavy atom. The maximum absolute atomic E-state index is 3.79. The van der Waals surface area contributed by atoms with Crippen molar-refractivity contribution in [2.75, 3.05) is 0 Å². The molecule has 0 fully saturated rings. The van der Waals surface area contributed by atoms with Crippen LogP contribution in [0.2, 0.25) is 0 Å². The Kier molecular flexibility index (Phi) is 2.88. The van der Waals surface area contributed by atoms with E-state index in [0.717, 1.165) is 0 Å². The Balaban J connectivity index is 3.19. The summed E-state index contributed by atoms with van der Waals surface area (Å²) < 4.78 is 0. The topological polar surface area (TPSA) is 0 Å². The van der Waals surface area contributed by atoms with Gasteiger partial charge in [-0.1, -0.05) is 24.3 Å². The average Bonchev–Trinajstić information content (AvgIpc) is 2.32. The molecule has 0 aliphatic carbocycles. The van der Waals surface area contributed by atoms with Crippen LogP contribution < -0.4 is 0 Å². The van der Waals surface area contributed by atoms with E-state index in [-0.39, 0.29) is 0 Å². The van der Waals surface area contributed by atoms with Crippen LogP contribution in [-0.2, 0) is 0 Å². The van der Waals surface area contributed by atoms with Crippen LogP contribution in [0.1, 0.15) is 29.9 Å². The van der Waals surface area contributed by atoms with Gasteiger partial charge < -0.3 is 0 Å². The monoisotopic (exact) mass is 178 g/mol. The van der Waals surface area contributed by atoms with Crippen molar-refractivity contribution in [3.63, 3.8) is 0 Å². The molecule has 64 valence electrons. The summed E-state index contributed by atoms with van der Waals surface area (Å²) >= 11 is 1.76. The fourth-order valence-corrected chi connectivity index (χ4v) is 1.98. The van der Waals surface area contributed by atoms with Crippen molar-refractivity contribution in [2.45, 2.75) is 20.8 Å². The predicted octanol–water partition coefficient (Wildman–Crippen LogP) is 4.12. The van der Waals surface area contributed by atoms with Crippen molar-refractivity contribution in [3.05, 3.63) is 33.5 Å². The molecule has 0 saturated heterocycles. The third-order valence-electron chi connectivity index (χ3n) is 1.67. The van der Waals surface area contributed by atoms with Gasteiger partial charge in [0.15, 0.2) is 0 Å². The van der Waals surface area contributed by atoms with Crippen LogP contribution >= 0.6 is 11.3 Å². The number of aryl methyl sites for hydroxylation is 1. The van der Waals surface area contributed by atoms with E-state index < -0.39 is 0 Å². The van der Waals surface area contributed by atoms with Crippen LogP contribution in [0.5, 0.6) is 0 Å². The Morgan fingerprint density at radius 1 is 1.50 bits per heavy atom. The molecule has 0 radical (unpaired) electrons. The van der Waals surface area contributed by atoms with Gasteiger partial charge in [0, 0.05) is 4.88 Å². The largest absolute Gasteiger partial charge is 0.144 e. The van der Waals surface area contributed by atoms with Gasteiger partial charge in [-0.25, -0.2) is 0 Å². The Labute approximate surface area is 78.2 Å². The van der Waals surface area contributed by atoms with Crippen LogP contribution in [0.4, 0.5) is 0 Å². The number of hydrogen-bond donors (Lipinski definition) is 0. The summed E-state index contributed by atoms with van der Waals surface area (Å²) in [7, 11) is 0. The predicted molar refractivity (Wildman–Crippen MR) is 58.5 cm³/mol. The average molecular weight is 178 g/mol. The molecule has 1 aromatic rings. The molecule has 0 aliphatic heterocycles. The van der Waals surface area contributed by atoms with E-state index in [0.29, 0.717) is 0 Å². The molecule has 1 aromatic heterocycles. The summed E-state index contributed by atoms with van der Waals surface area (Å²) in [6.45, 7) is 10.2. The van der Waals surface area contributed by atoms with E-state index in [4.69, 9.17) is 0 Å². The highest BCUT2D eigenvalue weighted by molar-refractivity contribution is 7.11. The molecule has 0 aromatic carbocycles. The molecule has 0 amide bonds. The van der Waals surface area contributed by atoms with Crippen molar-refractivity contribution < 1.29 is 0 Å². The fourth-order valence-electron chi connectivity index (χ4n) is 1.10.